The van der Waals surface area contributed by atoms with Gasteiger partial charge in [-0.3, -0.25) is 28.8 Å². The molecule has 7 aliphatic heterocycles. The molecule has 28 N–H and O–H groups in total. The molecule has 704 valence electrons. The maximum absolute atomic E-state index is 13.5. The van der Waals surface area contributed by atoms with Gasteiger partial charge in [0.25, 0.3) is 0 Å². The van der Waals surface area contributed by atoms with Gasteiger partial charge in [-0.25, -0.2) is 0 Å². The Morgan fingerprint density at radius 2 is 0.636 bits per heavy atom. The zero-order chi connectivity index (χ0) is 89.5. The van der Waals surface area contributed by atoms with Crippen LogP contribution in [0.5, 0.6) is 0 Å². The van der Waals surface area contributed by atoms with E-state index in [4.69, 9.17) is 66.3 Å². The molecular formula is C73H129N5O43. The van der Waals surface area contributed by atoms with E-state index in [1.165, 1.54) is 6.92 Å². The zero-order valence-corrected chi connectivity index (χ0v) is 67.5. The molecule has 0 saturated carbocycles. The minimum atomic E-state index is -1.96. The second-order valence-corrected chi connectivity index (χ2v) is 30.4. The van der Waals surface area contributed by atoms with Gasteiger partial charge in [0.05, 0.1) is 65.6 Å². The molecule has 7 heterocycles. The van der Waals surface area contributed by atoms with E-state index < -0.39 is 272 Å². The smallest absolute Gasteiger partial charge is 0.242 e. The van der Waals surface area contributed by atoms with Crippen molar-refractivity contribution in [3.8, 4) is 0 Å². The second kappa shape index (κ2) is 53.4. The number of nitrogens with one attached hydrogen (secondary N) is 5. The lowest BCUT2D eigenvalue weighted by Gasteiger charge is -2.46. The fourth-order valence-corrected chi connectivity index (χ4v) is 13.9. The van der Waals surface area contributed by atoms with E-state index in [1.54, 1.807) is 6.92 Å². The molecule has 48 heteroatoms. The van der Waals surface area contributed by atoms with Gasteiger partial charge >= 0.3 is 0 Å². The first-order chi connectivity index (χ1) is 57.6. The number of hydrogen-bond acceptors (Lipinski definition) is 43. The number of unbranched alkanes of at least 4 members (excludes halogenated alkanes) is 4. The van der Waals surface area contributed by atoms with Gasteiger partial charge in [-0.05, 0) is 58.8 Å². The quantitative estimate of drug-likeness (QED) is 0.0252. The van der Waals surface area contributed by atoms with Crippen LogP contribution < -0.4 is 26.6 Å². The summed E-state index contributed by atoms with van der Waals surface area (Å²) >= 11 is 0. The highest BCUT2D eigenvalue weighted by molar-refractivity contribution is 5.87. The number of aliphatic hydroxyl groups is 23. The summed E-state index contributed by atoms with van der Waals surface area (Å²) in [5, 5.41) is 249. The number of hydrogen-bond donors (Lipinski definition) is 28. The average Bonchev–Trinajstić information content (AvgIpc) is 0.783. The van der Waals surface area contributed by atoms with Crippen molar-refractivity contribution in [3.63, 3.8) is 0 Å². The highest BCUT2D eigenvalue weighted by Gasteiger charge is 2.55. The molecule has 7 aliphatic rings. The van der Waals surface area contributed by atoms with E-state index in [-0.39, 0.29) is 101 Å². The van der Waals surface area contributed by atoms with Gasteiger partial charge < -0.3 is 210 Å². The number of carbonyl (C=O) groups excluding carboxylic acids is 6. The lowest BCUT2D eigenvalue weighted by atomic mass is 9.96. The summed E-state index contributed by atoms with van der Waals surface area (Å²) in [6.07, 6.45) is -51.8. The summed E-state index contributed by atoms with van der Waals surface area (Å²) in [6.45, 7) is 0.409. The first-order valence-electron chi connectivity index (χ1n) is 40.8. The lowest BCUT2D eigenvalue weighted by Crippen LogP contribution is -2.65. The molecule has 121 heavy (non-hydrogen) atoms. The van der Waals surface area contributed by atoms with Crippen molar-refractivity contribution in [2.24, 2.45) is 0 Å². The van der Waals surface area contributed by atoms with Crippen molar-refractivity contribution in [1.82, 2.24) is 26.6 Å². The average molecular weight is 1760 g/mol. The van der Waals surface area contributed by atoms with Gasteiger partial charge in [0.2, 0.25) is 29.5 Å². The van der Waals surface area contributed by atoms with Crippen LogP contribution in [0.2, 0.25) is 0 Å². The van der Waals surface area contributed by atoms with E-state index in [9.17, 15) is 146 Å². The van der Waals surface area contributed by atoms with E-state index in [1.807, 2.05) is 6.92 Å². The van der Waals surface area contributed by atoms with Crippen LogP contribution in [0.15, 0.2) is 0 Å². The third kappa shape index (κ3) is 31.2. The molecule has 36 atom stereocenters. The summed E-state index contributed by atoms with van der Waals surface area (Å²) in [5.74, 6) is -1.73. The third-order valence-corrected chi connectivity index (χ3v) is 21.1. The Bertz CT molecular complexity index is 3000. The van der Waals surface area contributed by atoms with Crippen molar-refractivity contribution >= 4 is 35.3 Å². The molecule has 0 spiro atoms. The molecule has 7 fully saturated rings. The maximum Gasteiger partial charge on any atom is 0.242 e. The van der Waals surface area contributed by atoms with Crippen LogP contribution in [0.1, 0.15) is 117 Å². The highest BCUT2D eigenvalue weighted by atomic mass is 16.8. The Kier molecular flexibility index (Phi) is 46.4. The molecule has 0 radical (unpaired) electrons. The molecule has 0 aromatic heterocycles. The van der Waals surface area contributed by atoms with E-state index in [0.29, 0.717) is 57.9 Å². The van der Waals surface area contributed by atoms with E-state index >= 15 is 0 Å². The van der Waals surface area contributed by atoms with Crippen LogP contribution in [0.4, 0.5) is 0 Å². The Hall–Kier alpha value is -4.46. The molecule has 0 unspecified atom stereocenters. The van der Waals surface area contributed by atoms with Crippen LogP contribution in [0, 0.1) is 0 Å². The summed E-state index contributed by atoms with van der Waals surface area (Å²) in [7, 11) is 0. The molecule has 7 rings (SSSR count). The Balaban J connectivity index is 0.000000408. The Morgan fingerprint density at radius 1 is 0.314 bits per heavy atom. The standard InChI is InChI=1S/C44H78N4O25.C29H51NO18/c1-3-45-25(51)10-6-4-5-9-21(48-27(53)12-8-7-11-26(52)46-13-15-66-41-35(61)32(58)28(54)20(2)69-41)40(65)47-14-16-67-43-38(64)39(73-44-37(63)34(60)30(56)23(18-50)71-44)31(57)24(72-43)19-68-42-36(62)33(59)29(55)22(17-49)70-42;1-2-5-13(33)6-3-4-7-17(34)30-8-9-43-28-25(42)26(48-29-24(41)22(39)19(36)15(11-32)46-29)20(37)16(47-28)12-44-27-23(40)21(38)18(35)14(10-31)45-27/h20-24,28-39,41-44,49-50,54-64H,3-19H2,1-2H3,(H,45,51)(H,46,52)(H,47,65)(H,48,53);14-16,18-29,31-32,35-42H,2-12H2,1H3,(H,30,34)/t20-,21-,22+,23+,24+,28+,29+,30+,31+,32+,33-,34-,35-,36-,37-,38-,39-,41+,42-,43-,44+;14-,15-,16-,18-,19-,20-,21+,22+,23+,24+,25+,26+,27+,28+,29-/m01/s1. The van der Waals surface area contributed by atoms with Crippen LogP contribution in [-0.4, -0.2) is 459 Å². The van der Waals surface area contributed by atoms with Crippen molar-refractivity contribution in [2.45, 2.75) is 338 Å². The van der Waals surface area contributed by atoms with E-state index in [0.717, 1.165) is 6.42 Å². The van der Waals surface area contributed by atoms with Crippen LogP contribution >= 0.6 is 0 Å². The molecule has 0 aromatic carbocycles. The maximum atomic E-state index is 13.5. The van der Waals surface area contributed by atoms with Crippen molar-refractivity contribution in [2.75, 3.05) is 85.6 Å². The first kappa shape index (κ1) is 105. The van der Waals surface area contributed by atoms with Gasteiger partial charge in [0.15, 0.2) is 44.0 Å². The van der Waals surface area contributed by atoms with Gasteiger partial charge in [0, 0.05) is 64.7 Å². The summed E-state index contributed by atoms with van der Waals surface area (Å²) in [6, 6.07) is -1.05. The number of aliphatic hydroxyl groups excluding tert-OH is 23. The van der Waals surface area contributed by atoms with Crippen LogP contribution in [0.3, 0.4) is 0 Å². The second-order valence-electron chi connectivity index (χ2n) is 30.4. The number of ketones is 1. The number of ether oxygens (including phenoxy) is 14. The lowest BCUT2D eigenvalue weighted by molar-refractivity contribution is -0.366. The van der Waals surface area contributed by atoms with E-state index in [2.05, 4.69) is 26.6 Å². The SMILES string of the molecule is CCCC(=O)CCCCC(=O)NCCO[C@H]1O[C@H](CO[C@H]2O[C@H](CO)[C@@H](O)[C@H](O)[C@@H]2O)[C@@H](O)[C@H](O[C@H]2O[C@H](CO)[C@@H](O)[C@H](O)[C@@H]2O)[C@@H]1O.CCNC(=O)CCCCC[C@H](NC(=O)CCCCC(=O)NCCO[C@@H]1O[C@@H](C)[C@@H](O)[C@@H](O)[C@@H]1O)C(=O)NCCO[C@H]1O[C@H](CO[C@H]2O[C@H](CO)[C@@H](O)[C@H](O)[C@@H]2O)[C@@H](O)[C@H](O[C@H]2O[C@H](CO)[C@@H](O)[C@H](O)[C@@H]2O)[C@@H]1O. The fourth-order valence-electron chi connectivity index (χ4n) is 13.9. The van der Waals surface area contributed by atoms with Gasteiger partial charge in [-0.2, -0.15) is 0 Å². The zero-order valence-electron chi connectivity index (χ0n) is 67.5. The normalized spacial score (nSPS) is 38.5. The number of carbonyl (C=O) groups is 6. The largest absolute Gasteiger partial charge is 0.394 e. The first-order valence-corrected chi connectivity index (χ1v) is 40.8. The number of amides is 5. The van der Waals surface area contributed by atoms with Crippen molar-refractivity contribution in [3.05, 3.63) is 0 Å². The Labute approximate surface area is 696 Å². The molecule has 0 aliphatic carbocycles. The number of rotatable bonds is 47. The van der Waals surface area contributed by atoms with Gasteiger partial charge in [-0.15, -0.1) is 0 Å². The summed E-state index contributed by atoms with van der Waals surface area (Å²) in [4.78, 5) is 74.8. The van der Waals surface area contributed by atoms with Crippen LogP contribution in [0.25, 0.3) is 0 Å². The fraction of sp³-hybridized carbons (Fsp3) is 0.918. The Morgan fingerprint density at radius 3 is 1.02 bits per heavy atom. The van der Waals surface area contributed by atoms with Crippen molar-refractivity contribution in [1.29, 1.82) is 0 Å². The van der Waals surface area contributed by atoms with Crippen LogP contribution in [-0.2, 0) is 95.1 Å². The monoisotopic (exact) mass is 1760 g/mol. The molecule has 0 aromatic rings. The topological polar surface area (TPSA) is 757 Å². The van der Waals surface area contributed by atoms with Gasteiger partial charge in [-0.1, -0.05) is 19.8 Å². The molecule has 0 bridgehead atoms. The minimum absolute atomic E-state index is 0.0208. The predicted octanol–water partition coefficient (Wildman–Crippen LogP) is -13.8. The summed E-state index contributed by atoms with van der Waals surface area (Å²) < 4.78 is 77.4. The molecular weight excluding hydrogens is 1630 g/mol. The molecule has 7 saturated heterocycles. The highest BCUT2D eigenvalue weighted by Crippen LogP contribution is 2.35. The third-order valence-electron chi connectivity index (χ3n) is 21.1. The minimum Gasteiger partial charge on any atom is -0.394 e. The van der Waals surface area contributed by atoms with Crippen molar-refractivity contribution < 1.29 is 213 Å². The predicted molar refractivity (Wildman–Crippen MR) is 398 cm³/mol. The molecule has 5 amide bonds. The van der Waals surface area contributed by atoms with Gasteiger partial charge in [0.1, 0.15) is 177 Å². The number of Topliss-reactive ketones (excluding diaryl/α,β-unsaturated/α-hetero) is 1. The molecule has 48 nitrogen and oxygen atoms in total. The summed E-state index contributed by atoms with van der Waals surface area (Å²) in [5.41, 5.74) is 0.